The smallest absolute Gasteiger partial charge is 0.411 e. The van der Waals surface area contributed by atoms with E-state index in [1.807, 2.05) is 55.5 Å². The first-order valence-corrected chi connectivity index (χ1v) is 10.7. The molecular weight excluding hydrogens is 412 g/mol. The summed E-state index contributed by atoms with van der Waals surface area (Å²) in [6.07, 6.45) is -0.278. The van der Waals surface area contributed by atoms with Gasteiger partial charge in [-0.2, -0.15) is 0 Å². The molecule has 0 spiro atoms. The van der Waals surface area contributed by atoms with E-state index < -0.39 is 12.2 Å². The van der Waals surface area contributed by atoms with Gasteiger partial charge in [-0.1, -0.05) is 31.2 Å². The molecule has 5 N–H and O–H groups in total. The summed E-state index contributed by atoms with van der Waals surface area (Å²) in [7, 11) is 0. The largest absolute Gasteiger partial charge is 0.448 e. The number of carbonyl (C=O) groups is 2. The first-order valence-electron chi connectivity index (χ1n) is 10.7. The van der Waals surface area contributed by atoms with Gasteiger partial charge in [0.25, 0.3) is 0 Å². The average molecular weight is 445 g/mol. The maximum atomic E-state index is 11.8. The van der Waals surface area contributed by atoms with E-state index in [0.29, 0.717) is 44.0 Å². The summed E-state index contributed by atoms with van der Waals surface area (Å²) in [4.78, 5) is 23.5. The summed E-state index contributed by atoms with van der Waals surface area (Å²) in [5.74, 6) is 0. The van der Waals surface area contributed by atoms with E-state index in [4.69, 9.17) is 14.6 Å². The molecule has 0 aromatic heterocycles. The van der Waals surface area contributed by atoms with E-state index in [2.05, 4.69) is 21.3 Å². The molecule has 2 aromatic carbocycles. The fourth-order valence-electron chi connectivity index (χ4n) is 2.77. The predicted octanol–water partition coefficient (Wildman–Crippen LogP) is 2.57. The number of benzene rings is 2. The standard InChI is InChI=1S/C23H32N4O5/c1-2-24-12-15-31-22(29)26-20-7-3-18(4-8-20)17-19-5-9-21(10-6-19)27-23(30)32-16-13-25-11-14-28/h3-10,24-25,28H,2,11-17H2,1H3,(H,26,29)(H,27,30). The first kappa shape index (κ1) is 25.1. The zero-order chi connectivity index (χ0) is 23.0. The van der Waals surface area contributed by atoms with Crippen LogP contribution in [0.15, 0.2) is 48.5 Å². The van der Waals surface area contributed by atoms with E-state index in [9.17, 15) is 9.59 Å². The molecule has 0 fully saturated rings. The molecule has 0 heterocycles. The molecule has 2 rings (SSSR count). The topological polar surface area (TPSA) is 121 Å². The number of hydrogen-bond acceptors (Lipinski definition) is 7. The number of rotatable bonds is 13. The van der Waals surface area contributed by atoms with Gasteiger partial charge in [0.1, 0.15) is 13.2 Å². The maximum Gasteiger partial charge on any atom is 0.411 e. The van der Waals surface area contributed by atoms with Gasteiger partial charge in [0, 0.05) is 31.0 Å². The van der Waals surface area contributed by atoms with Gasteiger partial charge in [0.05, 0.1) is 6.61 Å². The third-order valence-electron chi connectivity index (χ3n) is 4.37. The quantitative estimate of drug-likeness (QED) is 0.301. The van der Waals surface area contributed by atoms with Crippen LogP contribution in [0.25, 0.3) is 0 Å². The van der Waals surface area contributed by atoms with Crippen molar-refractivity contribution >= 4 is 23.6 Å². The normalized spacial score (nSPS) is 10.4. The van der Waals surface area contributed by atoms with E-state index in [0.717, 1.165) is 17.7 Å². The Hall–Kier alpha value is -3.14. The highest BCUT2D eigenvalue weighted by Gasteiger charge is 2.05. The van der Waals surface area contributed by atoms with E-state index in [1.54, 1.807) is 0 Å². The molecule has 0 bridgehead atoms. The maximum absolute atomic E-state index is 11.8. The Bertz CT molecular complexity index is 812. The SMILES string of the molecule is CCNCCOC(=O)Nc1ccc(Cc2ccc(NC(=O)OCCNCCO)cc2)cc1. The molecule has 32 heavy (non-hydrogen) atoms. The van der Waals surface area contributed by atoms with E-state index in [1.165, 1.54) is 0 Å². The van der Waals surface area contributed by atoms with Gasteiger partial charge in [-0.05, 0) is 48.4 Å². The van der Waals surface area contributed by atoms with Crippen molar-refractivity contribution in [2.45, 2.75) is 13.3 Å². The van der Waals surface area contributed by atoms with Crippen LogP contribution in [-0.4, -0.2) is 63.3 Å². The molecule has 0 atom stereocenters. The number of aliphatic hydroxyl groups excluding tert-OH is 1. The minimum atomic E-state index is -0.521. The Morgan fingerprint density at radius 1 is 0.750 bits per heavy atom. The molecule has 0 saturated heterocycles. The Kier molecular flexibility index (Phi) is 11.6. The summed E-state index contributed by atoms with van der Waals surface area (Å²) in [5, 5.41) is 20.1. The monoisotopic (exact) mass is 444 g/mol. The van der Waals surface area contributed by atoms with Gasteiger partial charge in [-0.3, -0.25) is 10.6 Å². The third-order valence-corrected chi connectivity index (χ3v) is 4.37. The molecule has 2 aromatic rings. The number of hydrogen-bond donors (Lipinski definition) is 5. The Labute approximate surface area is 188 Å². The molecule has 0 aliphatic heterocycles. The Morgan fingerprint density at radius 3 is 1.66 bits per heavy atom. The van der Waals surface area contributed by atoms with E-state index >= 15 is 0 Å². The van der Waals surface area contributed by atoms with Gasteiger partial charge in [0.2, 0.25) is 0 Å². The van der Waals surface area contributed by atoms with Crippen molar-refractivity contribution in [1.29, 1.82) is 0 Å². The Balaban J connectivity index is 1.73. The molecule has 0 unspecified atom stereocenters. The first-order chi connectivity index (χ1) is 15.6. The summed E-state index contributed by atoms with van der Waals surface area (Å²) >= 11 is 0. The lowest BCUT2D eigenvalue weighted by Crippen LogP contribution is -2.25. The highest BCUT2D eigenvalue weighted by atomic mass is 16.6. The van der Waals surface area contributed by atoms with Gasteiger partial charge < -0.3 is 25.2 Å². The number of ether oxygens (including phenoxy) is 2. The van der Waals surface area contributed by atoms with Crippen molar-refractivity contribution < 1.29 is 24.2 Å². The fraction of sp³-hybridized carbons (Fsp3) is 0.391. The molecule has 174 valence electrons. The van der Waals surface area contributed by atoms with Crippen molar-refractivity contribution in [3.8, 4) is 0 Å². The Morgan fingerprint density at radius 2 is 1.22 bits per heavy atom. The minimum Gasteiger partial charge on any atom is -0.448 e. The number of likely N-dealkylation sites (N-methyl/N-ethyl adjacent to an activating group) is 1. The summed E-state index contributed by atoms with van der Waals surface area (Å²) < 4.78 is 10.1. The lowest BCUT2D eigenvalue weighted by molar-refractivity contribution is 0.160. The van der Waals surface area contributed by atoms with Crippen molar-refractivity contribution in [3.63, 3.8) is 0 Å². The molecule has 0 aliphatic carbocycles. The second-order valence-electron chi connectivity index (χ2n) is 6.92. The molecule has 9 nitrogen and oxygen atoms in total. The van der Waals surface area contributed by atoms with E-state index in [-0.39, 0.29) is 13.2 Å². The van der Waals surface area contributed by atoms with Crippen molar-refractivity contribution in [3.05, 3.63) is 59.7 Å². The van der Waals surface area contributed by atoms with Crippen LogP contribution in [0.3, 0.4) is 0 Å². The van der Waals surface area contributed by atoms with Gasteiger partial charge in [-0.25, -0.2) is 9.59 Å². The second-order valence-corrected chi connectivity index (χ2v) is 6.92. The van der Waals surface area contributed by atoms with Crippen LogP contribution in [0.4, 0.5) is 21.0 Å². The number of anilines is 2. The molecule has 0 saturated carbocycles. The number of nitrogens with one attached hydrogen (secondary N) is 4. The fourth-order valence-corrected chi connectivity index (χ4v) is 2.77. The zero-order valence-electron chi connectivity index (χ0n) is 18.4. The second kappa shape index (κ2) is 14.8. The van der Waals surface area contributed by atoms with Crippen molar-refractivity contribution in [1.82, 2.24) is 10.6 Å². The van der Waals surface area contributed by atoms with Crippen molar-refractivity contribution in [2.24, 2.45) is 0 Å². The molecule has 9 heteroatoms. The van der Waals surface area contributed by atoms with Gasteiger partial charge >= 0.3 is 12.2 Å². The number of aliphatic hydroxyl groups is 1. The molecule has 2 amide bonds. The van der Waals surface area contributed by atoms with Crippen LogP contribution in [0.2, 0.25) is 0 Å². The van der Waals surface area contributed by atoms with Crippen LogP contribution >= 0.6 is 0 Å². The zero-order valence-corrected chi connectivity index (χ0v) is 18.4. The van der Waals surface area contributed by atoms with Crippen LogP contribution in [0.1, 0.15) is 18.1 Å². The number of carbonyl (C=O) groups excluding carboxylic acids is 2. The summed E-state index contributed by atoms with van der Waals surface area (Å²) in [5.41, 5.74) is 3.49. The van der Waals surface area contributed by atoms with Gasteiger partial charge in [-0.15, -0.1) is 0 Å². The van der Waals surface area contributed by atoms with Crippen molar-refractivity contribution in [2.75, 3.05) is 56.6 Å². The summed E-state index contributed by atoms with van der Waals surface area (Å²) in [6, 6.07) is 15.1. The predicted molar refractivity (Wildman–Crippen MR) is 124 cm³/mol. The summed E-state index contributed by atoms with van der Waals surface area (Å²) in [6.45, 7) is 5.00. The van der Waals surface area contributed by atoms with Crippen LogP contribution in [0.5, 0.6) is 0 Å². The molecular formula is C23H32N4O5. The van der Waals surface area contributed by atoms with Crippen LogP contribution in [-0.2, 0) is 15.9 Å². The highest BCUT2D eigenvalue weighted by molar-refractivity contribution is 5.85. The van der Waals surface area contributed by atoms with Crippen LogP contribution in [0, 0.1) is 0 Å². The third kappa shape index (κ3) is 10.3. The molecule has 0 aliphatic rings. The number of amides is 2. The van der Waals surface area contributed by atoms with Crippen LogP contribution < -0.4 is 21.3 Å². The minimum absolute atomic E-state index is 0.0471. The molecule has 0 radical (unpaired) electrons. The lowest BCUT2D eigenvalue weighted by Gasteiger charge is -2.09. The lowest BCUT2D eigenvalue weighted by atomic mass is 10.0. The average Bonchev–Trinajstić information content (AvgIpc) is 2.79. The highest BCUT2D eigenvalue weighted by Crippen LogP contribution is 2.16. The van der Waals surface area contributed by atoms with Gasteiger partial charge in [0.15, 0.2) is 0 Å².